The average molecular weight is 394 g/mol. The maximum absolute atomic E-state index is 10.4. The van der Waals surface area contributed by atoms with Crippen molar-refractivity contribution in [1.82, 2.24) is 25.5 Å². The molecular formula is C21H23N5OS. The van der Waals surface area contributed by atoms with Crippen LogP contribution >= 0.6 is 11.8 Å². The van der Waals surface area contributed by atoms with E-state index in [0.717, 1.165) is 22.2 Å². The van der Waals surface area contributed by atoms with Crippen molar-refractivity contribution in [1.29, 1.82) is 0 Å². The fourth-order valence-corrected chi connectivity index (χ4v) is 5.95. The molecule has 0 aliphatic carbocycles. The van der Waals surface area contributed by atoms with Crippen LogP contribution in [0.1, 0.15) is 39.0 Å². The van der Waals surface area contributed by atoms with Gasteiger partial charge in [0.05, 0.1) is 11.8 Å². The van der Waals surface area contributed by atoms with Gasteiger partial charge in [-0.1, -0.05) is 18.2 Å². The van der Waals surface area contributed by atoms with Gasteiger partial charge in [-0.15, -0.1) is 10.2 Å². The molecule has 2 aliphatic rings. The van der Waals surface area contributed by atoms with Crippen LogP contribution in [-0.4, -0.2) is 42.1 Å². The molecule has 1 aromatic carbocycles. The standard InChI is InChI=1S/C21H23N5OS/c1-21-5-2-3-15(24-21)9-16(10-21)28-19-12-23-20(26-25-19)17-7-13-4-6-22-11-14(13)8-18(17)27/h4,6-8,11-12,15-16,24,27H,2-3,5,9-10H2,1H3/t15?,16-,21+/m1/s1. The van der Waals surface area contributed by atoms with E-state index >= 15 is 0 Å². The van der Waals surface area contributed by atoms with Crippen LogP contribution in [0, 0.1) is 0 Å². The summed E-state index contributed by atoms with van der Waals surface area (Å²) < 4.78 is 0. The highest BCUT2D eigenvalue weighted by Crippen LogP contribution is 2.40. The van der Waals surface area contributed by atoms with Gasteiger partial charge in [0.1, 0.15) is 10.8 Å². The van der Waals surface area contributed by atoms with E-state index in [1.807, 2.05) is 12.1 Å². The molecule has 3 aromatic rings. The van der Waals surface area contributed by atoms with Gasteiger partial charge in [0.2, 0.25) is 0 Å². The fourth-order valence-electron chi connectivity index (χ4n) is 4.62. The number of phenolic OH excluding ortho intramolecular Hbond substituents is 1. The van der Waals surface area contributed by atoms with Crippen LogP contribution in [0.4, 0.5) is 0 Å². The van der Waals surface area contributed by atoms with Crippen LogP contribution in [0.3, 0.4) is 0 Å². The highest BCUT2D eigenvalue weighted by Gasteiger charge is 2.39. The Bertz CT molecular complexity index is 1010. The van der Waals surface area contributed by atoms with Gasteiger partial charge in [-0.25, -0.2) is 4.98 Å². The molecule has 2 saturated heterocycles. The Morgan fingerprint density at radius 1 is 1.21 bits per heavy atom. The summed E-state index contributed by atoms with van der Waals surface area (Å²) in [7, 11) is 0. The monoisotopic (exact) mass is 393 g/mol. The maximum Gasteiger partial charge on any atom is 0.185 e. The van der Waals surface area contributed by atoms with Crippen molar-refractivity contribution in [3.8, 4) is 17.1 Å². The van der Waals surface area contributed by atoms with Gasteiger partial charge in [-0.05, 0) is 56.2 Å². The number of aromatic nitrogens is 4. The van der Waals surface area contributed by atoms with Crippen molar-refractivity contribution in [3.63, 3.8) is 0 Å². The van der Waals surface area contributed by atoms with Gasteiger partial charge >= 0.3 is 0 Å². The first-order valence-electron chi connectivity index (χ1n) is 9.79. The second-order valence-electron chi connectivity index (χ2n) is 8.19. The minimum atomic E-state index is 0.141. The molecule has 2 fully saturated rings. The zero-order valence-corrected chi connectivity index (χ0v) is 16.6. The number of hydrogen-bond donors (Lipinski definition) is 2. The lowest BCUT2D eigenvalue weighted by Gasteiger charge is -2.47. The molecule has 28 heavy (non-hydrogen) atoms. The number of pyridine rings is 1. The highest BCUT2D eigenvalue weighted by atomic mass is 32.2. The Morgan fingerprint density at radius 3 is 2.96 bits per heavy atom. The second kappa shape index (κ2) is 6.97. The molecule has 5 rings (SSSR count). The Labute approximate surface area is 168 Å². The summed E-state index contributed by atoms with van der Waals surface area (Å²) in [6.45, 7) is 2.34. The van der Waals surface area contributed by atoms with Crippen LogP contribution in [0.25, 0.3) is 22.2 Å². The SMILES string of the molecule is C[C@]12CCCC(C[C@@H](Sc3cnc(-c4cc5ccncc5cc4O)nn3)C1)N2. The lowest BCUT2D eigenvalue weighted by Crippen LogP contribution is -2.57. The first-order chi connectivity index (χ1) is 13.6. The van der Waals surface area contributed by atoms with Crippen LogP contribution in [0.15, 0.2) is 41.8 Å². The smallest absolute Gasteiger partial charge is 0.185 e. The highest BCUT2D eigenvalue weighted by molar-refractivity contribution is 7.99. The Morgan fingerprint density at radius 2 is 2.14 bits per heavy atom. The maximum atomic E-state index is 10.4. The van der Waals surface area contributed by atoms with Crippen molar-refractivity contribution < 1.29 is 5.11 Å². The number of rotatable bonds is 3. The molecule has 0 radical (unpaired) electrons. The molecule has 0 amide bonds. The zero-order valence-electron chi connectivity index (χ0n) is 15.8. The number of piperidine rings is 2. The molecular weight excluding hydrogens is 370 g/mol. The third-order valence-corrected chi connectivity index (χ3v) is 7.00. The largest absolute Gasteiger partial charge is 0.507 e. The first-order valence-corrected chi connectivity index (χ1v) is 10.7. The lowest BCUT2D eigenvalue weighted by molar-refractivity contribution is 0.163. The number of thioether (sulfide) groups is 1. The summed E-state index contributed by atoms with van der Waals surface area (Å²) in [6.07, 6.45) is 11.4. The van der Waals surface area contributed by atoms with Crippen molar-refractivity contribution in [2.45, 2.75) is 60.9 Å². The third-order valence-electron chi connectivity index (χ3n) is 5.88. The van der Waals surface area contributed by atoms with E-state index in [1.165, 1.54) is 25.7 Å². The summed E-state index contributed by atoms with van der Waals surface area (Å²) in [4.78, 5) is 8.57. The summed E-state index contributed by atoms with van der Waals surface area (Å²) in [5.41, 5.74) is 0.845. The molecule has 2 N–H and O–H groups in total. The molecule has 7 heteroatoms. The molecule has 4 heterocycles. The van der Waals surface area contributed by atoms with Gasteiger partial charge in [-0.2, -0.15) is 0 Å². The molecule has 1 unspecified atom stereocenters. The van der Waals surface area contributed by atoms with Crippen molar-refractivity contribution in [2.24, 2.45) is 0 Å². The van der Waals surface area contributed by atoms with E-state index in [9.17, 15) is 5.11 Å². The molecule has 2 aliphatic heterocycles. The van der Waals surface area contributed by atoms with Gasteiger partial charge in [0.25, 0.3) is 0 Å². The number of hydrogen-bond acceptors (Lipinski definition) is 7. The Balaban J connectivity index is 1.36. The van der Waals surface area contributed by atoms with E-state index in [-0.39, 0.29) is 11.3 Å². The predicted octanol–water partition coefficient (Wildman–Crippen LogP) is 3.95. The molecule has 6 nitrogen and oxygen atoms in total. The summed E-state index contributed by atoms with van der Waals surface area (Å²) >= 11 is 1.78. The predicted molar refractivity (Wildman–Crippen MR) is 110 cm³/mol. The topological polar surface area (TPSA) is 83.8 Å². The van der Waals surface area contributed by atoms with E-state index in [1.54, 1.807) is 36.4 Å². The quantitative estimate of drug-likeness (QED) is 0.697. The fraction of sp³-hybridized carbons (Fsp3) is 0.429. The minimum absolute atomic E-state index is 0.141. The molecule has 3 atom stereocenters. The number of nitrogens with zero attached hydrogens (tertiary/aromatic N) is 4. The number of fused-ring (bicyclic) bond motifs is 3. The van der Waals surface area contributed by atoms with Gasteiger partial charge < -0.3 is 10.4 Å². The van der Waals surface area contributed by atoms with Gasteiger partial charge in [0.15, 0.2) is 5.82 Å². The van der Waals surface area contributed by atoms with Crippen LogP contribution < -0.4 is 5.32 Å². The van der Waals surface area contributed by atoms with Crippen molar-refractivity contribution in [3.05, 3.63) is 36.8 Å². The first kappa shape index (κ1) is 17.8. The second-order valence-corrected chi connectivity index (χ2v) is 9.51. The Kier molecular flexibility index (Phi) is 4.44. The molecule has 2 bridgehead atoms. The number of benzene rings is 1. The van der Waals surface area contributed by atoms with Crippen LogP contribution in [0.2, 0.25) is 0 Å². The van der Waals surface area contributed by atoms with Crippen molar-refractivity contribution in [2.75, 3.05) is 0 Å². The normalized spacial score (nSPS) is 27.0. The van der Waals surface area contributed by atoms with Crippen LogP contribution in [-0.2, 0) is 0 Å². The van der Waals surface area contributed by atoms with Gasteiger partial charge in [0, 0.05) is 34.6 Å². The summed E-state index contributed by atoms with van der Waals surface area (Å²) in [6, 6.07) is 6.10. The molecule has 2 aromatic heterocycles. The number of aromatic hydroxyl groups is 1. The molecule has 144 valence electrons. The molecule has 0 spiro atoms. The number of phenols is 1. The van der Waals surface area contributed by atoms with E-state index in [2.05, 4.69) is 32.4 Å². The summed E-state index contributed by atoms with van der Waals surface area (Å²) in [5.74, 6) is 0.580. The summed E-state index contributed by atoms with van der Waals surface area (Å²) in [5, 5.41) is 26.1. The van der Waals surface area contributed by atoms with Gasteiger partial charge in [-0.3, -0.25) is 4.98 Å². The van der Waals surface area contributed by atoms with Crippen molar-refractivity contribution >= 4 is 22.5 Å². The zero-order chi connectivity index (χ0) is 19.1. The van der Waals surface area contributed by atoms with E-state index < -0.39 is 0 Å². The van der Waals surface area contributed by atoms with E-state index in [4.69, 9.17) is 0 Å². The number of nitrogens with one attached hydrogen (secondary N) is 1. The van der Waals surface area contributed by atoms with Crippen LogP contribution in [0.5, 0.6) is 5.75 Å². The van der Waals surface area contributed by atoms with E-state index in [0.29, 0.717) is 22.7 Å². The average Bonchev–Trinajstić information content (AvgIpc) is 2.67. The minimum Gasteiger partial charge on any atom is -0.507 e. The molecule has 0 saturated carbocycles. The lowest BCUT2D eigenvalue weighted by atomic mass is 9.77. The Hall–Kier alpha value is -2.25. The third kappa shape index (κ3) is 3.44.